The van der Waals surface area contributed by atoms with Crippen molar-refractivity contribution >= 4 is 11.6 Å². The Morgan fingerprint density at radius 3 is 2.39 bits per heavy atom. The first-order valence-corrected chi connectivity index (χ1v) is 11.0. The number of anilines is 1. The van der Waals surface area contributed by atoms with Gasteiger partial charge in [0.2, 0.25) is 0 Å². The molecule has 33 heavy (non-hydrogen) atoms. The normalized spacial score (nSPS) is 11.7. The summed E-state index contributed by atoms with van der Waals surface area (Å²) in [5.74, 6) is -0.131. The average Bonchev–Trinajstić information content (AvgIpc) is 2.88. The maximum Gasteiger partial charge on any atom is 0.256 e. The van der Waals surface area contributed by atoms with Crippen LogP contribution >= 0.6 is 0 Å². The van der Waals surface area contributed by atoms with E-state index >= 15 is 0 Å². The van der Waals surface area contributed by atoms with Gasteiger partial charge in [0.05, 0.1) is 6.10 Å². The molecule has 3 aromatic carbocycles. The predicted octanol–water partition coefficient (Wildman–Crippen LogP) is 4.87. The number of hydrogen-bond acceptors (Lipinski definition) is 4. The van der Waals surface area contributed by atoms with Gasteiger partial charge < -0.3 is 15.7 Å². The minimum Gasteiger partial charge on any atom is -0.387 e. The van der Waals surface area contributed by atoms with Crippen molar-refractivity contribution in [3.63, 3.8) is 0 Å². The zero-order chi connectivity index (χ0) is 22.9. The van der Waals surface area contributed by atoms with Gasteiger partial charge in [-0.05, 0) is 53.9 Å². The van der Waals surface area contributed by atoms with Crippen LogP contribution in [0.25, 0.3) is 11.1 Å². The highest BCUT2D eigenvalue weighted by atomic mass is 16.3. The van der Waals surface area contributed by atoms with Crippen molar-refractivity contribution in [2.75, 3.05) is 18.4 Å². The predicted molar refractivity (Wildman–Crippen MR) is 132 cm³/mol. The summed E-state index contributed by atoms with van der Waals surface area (Å²) in [5, 5.41) is 16.5. The van der Waals surface area contributed by atoms with Gasteiger partial charge in [-0.15, -0.1) is 0 Å². The Labute approximate surface area is 194 Å². The van der Waals surface area contributed by atoms with Crippen LogP contribution in [0.1, 0.15) is 27.6 Å². The largest absolute Gasteiger partial charge is 0.387 e. The second kappa shape index (κ2) is 11.2. The van der Waals surface area contributed by atoms with Gasteiger partial charge in [-0.1, -0.05) is 66.7 Å². The quantitative estimate of drug-likeness (QED) is 0.327. The van der Waals surface area contributed by atoms with E-state index < -0.39 is 6.10 Å². The molecule has 5 nitrogen and oxygen atoms in total. The number of nitrogens with one attached hydrogen (secondary N) is 2. The zero-order valence-electron chi connectivity index (χ0n) is 18.3. The van der Waals surface area contributed by atoms with Crippen molar-refractivity contribution in [1.29, 1.82) is 0 Å². The van der Waals surface area contributed by atoms with E-state index in [2.05, 4.69) is 15.6 Å². The highest BCUT2D eigenvalue weighted by Gasteiger charge is 2.12. The number of rotatable bonds is 9. The Morgan fingerprint density at radius 2 is 1.64 bits per heavy atom. The molecule has 5 heteroatoms. The van der Waals surface area contributed by atoms with Crippen LogP contribution in [0.2, 0.25) is 0 Å². The van der Waals surface area contributed by atoms with Gasteiger partial charge in [0.25, 0.3) is 5.91 Å². The molecule has 1 aromatic heterocycles. The summed E-state index contributed by atoms with van der Waals surface area (Å²) in [6.45, 7) is 1.22. The van der Waals surface area contributed by atoms with Gasteiger partial charge in [-0.3, -0.25) is 9.78 Å². The maximum atomic E-state index is 12.9. The summed E-state index contributed by atoms with van der Waals surface area (Å²) in [6, 6.07) is 29.1. The van der Waals surface area contributed by atoms with Crippen molar-refractivity contribution in [3.8, 4) is 11.1 Å². The first kappa shape index (κ1) is 22.4. The fourth-order valence-corrected chi connectivity index (χ4v) is 3.67. The Morgan fingerprint density at radius 1 is 0.879 bits per heavy atom. The molecule has 0 saturated heterocycles. The smallest absolute Gasteiger partial charge is 0.256 e. The molecule has 3 N–H and O–H groups in total. The number of aromatic nitrogens is 1. The lowest BCUT2D eigenvalue weighted by Crippen LogP contribution is -2.23. The zero-order valence-corrected chi connectivity index (χ0v) is 18.3. The van der Waals surface area contributed by atoms with Gasteiger partial charge in [0, 0.05) is 35.8 Å². The highest BCUT2D eigenvalue weighted by Crippen LogP contribution is 2.24. The number of carbonyl (C=O) groups excluding carboxylic acids is 1. The van der Waals surface area contributed by atoms with Crippen molar-refractivity contribution in [2.45, 2.75) is 12.5 Å². The molecule has 4 rings (SSSR count). The van der Waals surface area contributed by atoms with Gasteiger partial charge >= 0.3 is 0 Å². The monoisotopic (exact) mass is 437 g/mol. The summed E-state index contributed by atoms with van der Waals surface area (Å²) in [7, 11) is 0. The summed E-state index contributed by atoms with van der Waals surface area (Å²) >= 11 is 0. The van der Waals surface area contributed by atoms with E-state index in [0.717, 1.165) is 40.9 Å². The third-order valence-electron chi connectivity index (χ3n) is 5.47. The van der Waals surface area contributed by atoms with Crippen LogP contribution in [0.5, 0.6) is 0 Å². The Hall–Kier alpha value is -3.80. The van der Waals surface area contributed by atoms with E-state index in [4.69, 9.17) is 0 Å². The molecule has 0 fully saturated rings. The number of amides is 1. The van der Waals surface area contributed by atoms with Crippen LogP contribution in [0.15, 0.2) is 103 Å². The van der Waals surface area contributed by atoms with Crippen molar-refractivity contribution < 1.29 is 9.90 Å². The van der Waals surface area contributed by atoms with Crippen molar-refractivity contribution in [2.24, 2.45) is 0 Å². The lowest BCUT2D eigenvalue weighted by molar-refractivity contribution is 0.102. The Balaban J connectivity index is 1.30. The lowest BCUT2D eigenvalue weighted by atomic mass is 9.99. The first-order valence-electron chi connectivity index (χ1n) is 11.0. The van der Waals surface area contributed by atoms with Crippen LogP contribution in [-0.2, 0) is 6.42 Å². The summed E-state index contributed by atoms with van der Waals surface area (Å²) in [6.07, 6.45) is 3.62. The standard InChI is InChI=1S/C28H27N3O2/c32-27(23-9-6-17-29-19-23)20-30-18-16-21-12-14-24(15-13-21)31-28(33)26-11-5-4-10-25(26)22-7-2-1-3-8-22/h1-15,17,19,27,30,32H,16,18,20H2,(H,31,33)/t27-/m0/s1. The Bertz CT molecular complexity index is 1160. The van der Waals surface area contributed by atoms with Crippen LogP contribution in [0, 0.1) is 0 Å². The molecule has 1 atom stereocenters. The topological polar surface area (TPSA) is 74.2 Å². The van der Waals surface area contributed by atoms with E-state index in [1.54, 1.807) is 12.4 Å². The van der Waals surface area contributed by atoms with Crippen molar-refractivity contribution in [1.82, 2.24) is 10.3 Å². The Kier molecular flexibility index (Phi) is 7.59. The molecule has 166 valence electrons. The highest BCUT2D eigenvalue weighted by molar-refractivity contribution is 6.08. The second-order valence-corrected chi connectivity index (χ2v) is 7.82. The van der Waals surface area contributed by atoms with E-state index in [9.17, 15) is 9.90 Å². The van der Waals surface area contributed by atoms with E-state index in [1.165, 1.54) is 0 Å². The SMILES string of the molecule is O=C(Nc1ccc(CCNC[C@H](O)c2cccnc2)cc1)c1ccccc1-c1ccccc1. The molecule has 0 aliphatic heterocycles. The summed E-state index contributed by atoms with van der Waals surface area (Å²) < 4.78 is 0. The van der Waals surface area contributed by atoms with Crippen LogP contribution in [0.3, 0.4) is 0 Å². The van der Waals surface area contributed by atoms with E-state index in [1.807, 2.05) is 91.0 Å². The van der Waals surface area contributed by atoms with Crippen LogP contribution in [0.4, 0.5) is 5.69 Å². The number of aliphatic hydroxyl groups excluding tert-OH is 1. The fourth-order valence-electron chi connectivity index (χ4n) is 3.67. The lowest BCUT2D eigenvalue weighted by Gasteiger charge is -2.12. The number of benzene rings is 3. The summed E-state index contributed by atoms with van der Waals surface area (Å²) in [4.78, 5) is 17.0. The minimum absolute atomic E-state index is 0.131. The fraction of sp³-hybridized carbons (Fsp3) is 0.143. The first-order chi connectivity index (χ1) is 16.2. The third-order valence-corrected chi connectivity index (χ3v) is 5.47. The summed E-state index contributed by atoms with van der Waals surface area (Å²) in [5.41, 5.74) is 5.28. The molecule has 1 amide bonds. The molecule has 0 aliphatic rings. The van der Waals surface area contributed by atoms with Gasteiger partial charge in [-0.25, -0.2) is 0 Å². The van der Waals surface area contributed by atoms with Gasteiger partial charge in [0.1, 0.15) is 0 Å². The molecule has 0 spiro atoms. The average molecular weight is 438 g/mol. The molecule has 4 aromatic rings. The molecule has 0 saturated carbocycles. The third kappa shape index (κ3) is 6.13. The molecular formula is C28H27N3O2. The molecular weight excluding hydrogens is 410 g/mol. The maximum absolute atomic E-state index is 12.9. The minimum atomic E-state index is -0.574. The number of aliphatic hydroxyl groups is 1. The van der Waals surface area contributed by atoms with Gasteiger partial charge in [0.15, 0.2) is 0 Å². The molecule has 0 unspecified atom stereocenters. The van der Waals surface area contributed by atoms with Crippen molar-refractivity contribution in [3.05, 3.63) is 120 Å². The van der Waals surface area contributed by atoms with Crippen LogP contribution in [-0.4, -0.2) is 29.1 Å². The molecule has 0 radical (unpaired) electrons. The number of pyridine rings is 1. The molecule has 0 bridgehead atoms. The number of carbonyl (C=O) groups is 1. The number of nitrogens with zero attached hydrogens (tertiary/aromatic N) is 1. The van der Waals surface area contributed by atoms with E-state index in [0.29, 0.717) is 12.1 Å². The van der Waals surface area contributed by atoms with E-state index in [-0.39, 0.29) is 5.91 Å². The second-order valence-electron chi connectivity index (χ2n) is 7.82. The van der Waals surface area contributed by atoms with Gasteiger partial charge in [-0.2, -0.15) is 0 Å². The molecule has 0 aliphatic carbocycles. The van der Waals surface area contributed by atoms with Crippen LogP contribution < -0.4 is 10.6 Å². The number of hydrogen-bond donors (Lipinski definition) is 3. The molecule has 1 heterocycles.